The number of hydrogen-bond acceptors (Lipinski definition) is 4. The Labute approximate surface area is 134 Å². The molecule has 1 N–H and O–H groups in total. The zero-order chi connectivity index (χ0) is 15.2. The SMILES string of the molecule is COc1ccc(Br)c(CN(C)CC(=O)N2CCNCC2)c1. The molecule has 1 fully saturated rings. The molecule has 0 aliphatic carbocycles. The summed E-state index contributed by atoms with van der Waals surface area (Å²) in [7, 11) is 3.62. The van der Waals surface area contributed by atoms with E-state index in [-0.39, 0.29) is 5.91 Å². The number of carbonyl (C=O) groups excluding carboxylic acids is 1. The van der Waals surface area contributed by atoms with Crippen molar-refractivity contribution in [2.24, 2.45) is 0 Å². The summed E-state index contributed by atoms with van der Waals surface area (Å²) in [5, 5.41) is 3.26. The van der Waals surface area contributed by atoms with E-state index < -0.39 is 0 Å². The summed E-state index contributed by atoms with van der Waals surface area (Å²) in [6.07, 6.45) is 0. The van der Waals surface area contributed by atoms with Crippen LogP contribution in [0, 0.1) is 0 Å². The molecule has 0 radical (unpaired) electrons. The third kappa shape index (κ3) is 4.69. The lowest BCUT2D eigenvalue weighted by Crippen LogP contribution is -2.49. The lowest BCUT2D eigenvalue weighted by Gasteiger charge is -2.29. The molecule has 1 aromatic carbocycles. The van der Waals surface area contributed by atoms with Crippen molar-refractivity contribution < 1.29 is 9.53 Å². The maximum atomic E-state index is 12.2. The van der Waals surface area contributed by atoms with Gasteiger partial charge in [0, 0.05) is 37.2 Å². The van der Waals surface area contributed by atoms with Crippen molar-refractivity contribution >= 4 is 21.8 Å². The van der Waals surface area contributed by atoms with Crippen LogP contribution in [-0.2, 0) is 11.3 Å². The first-order valence-corrected chi connectivity index (χ1v) is 7.89. The van der Waals surface area contributed by atoms with Gasteiger partial charge in [-0.25, -0.2) is 0 Å². The van der Waals surface area contributed by atoms with E-state index in [0.717, 1.165) is 42.0 Å². The molecule has 21 heavy (non-hydrogen) atoms. The van der Waals surface area contributed by atoms with Crippen molar-refractivity contribution in [1.82, 2.24) is 15.1 Å². The molecule has 6 heteroatoms. The van der Waals surface area contributed by atoms with Crippen LogP contribution >= 0.6 is 15.9 Å². The van der Waals surface area contributed by atoms with Crippen LogP contribution in [0.5, 0.6) is 5.75 Å². The number of amides is 1. The minimum absolute atomic E-state index is 0.193. The largest absolute Gasteiger partial charge is 0.497 e. The first kappa shape index (κ1) is 16.3. The normalized spacial score (nSPS) is 15.3. The number of carbonyl (C=O) groups is 1. The van der Waals surface area contributed by atoms with Gasteiger partial charge in [0.25, 0.3) is 0 Å². The van der Waals surface area contributed by atoms with Gasteiger partial charge in [0.05, 0.1) is 13.7 Å². The molecule has 0 atom stereocenters. The minimum atomic E-state index is 0.193. The quantitative estimate of drug-likeness (QED) is 0.865. The summed E-state index contributed by atoms with van der Waals surface area (Å²) in [5.41, 5.74) is 1.12. The molecule has 1 aliphatic rings. The molecule has 1 saturated heterocycles. The number of nitrogens with zero attached hydrogens (tertiary/aromatic N) is 2. The maximum Gasteiger partial charge on any atom is 0.236 e. The Morgan fingerprint density at radius 1 is 1.43 bits per heavy atom. The standard InChI is InChI=1S/C15H22BrN3O2/c1-18(11-15(20)19-7-5-17-6-8-19)10-12-9-13(21-2)3-4-14(12)16/h3-4,9,17H,5-8,10-11H2,1-2H3. The fraction of sp³-hybridized carbons (Fsp3) is 0.533. The van der Waals surface area contributed by atoms with Crippen molar-refractivity contribution in [3.63, 3.8) is 0 Å². The molecule has 0 saturated carbocycles. The second-order valence-corrected chi connectivity index (χ2v) is 6.11. The van der Waals surface area contributed by atoms with Crippen LogP contribution in [0.3, 0.4) is 0 Å². The molecule has 0 bridgehead atoms. The summed E-state index contributed by atoms with van der Waals surface area (Å²) in [6, 6.07) is 5.88. The Morgan fingerprint density at radius 2 is 2.14 bits per heavy atom. The smallest absolute Gasteiger partial charge is 0.236 e. The fourth-order valence-electron chi connectivity index (χ4n) is 2.39. The van der Waals surface area contributed by atoms with Gasteiger partial charge in [0.15, 0.2) is 0 Å². The van der Waals surface area contributed by atoms with Gasteiger partial charge in [0.1, 0.15) is 5.75 Å². The van der Waals surface area contributed by atoms with Gasteiger partial charge in [-0.2, -0.15) is 0 Å². The van der Waals surface area contributed by atoms with Gasteiger partial charge < -0.3 is 15.0 Å². The summed E-state index contributed by atoms with van der Waals surface area (Å²) in [5.74, 6) is 1.02. The predicted molar refractivity (Wildman–Crippen MR) is 86.5 cm³/mol. The number of rotatable bonds is 5. The van der Waals surface area contributed by atoms with E-state index >= 15 is 0 Å². The average Bonchev–Trinajstić information content (AvgIpc) is 2.50. The number of piperazine rings is 1. The Kier molecular flexibility index (Phi) is 6.02. The third-order valence-corrected chi connectivity index (χ3v) is 4.34. The summed E-state index contributed by atoms with van der Waals surface area (Å²) in [4.78, 5) is 16.2. The van der Waals surface area contributed by atoms with Gasteiger partial charge in [-0.05, 0) is 30.8 Å². The van der Waals surface area contributed by atoms with Crippen molar-refractivity contribution in [3.05, 3.63) is 28.2 Å². The summed E-state index contributed by atoms with van der Waals surface area (Å²) in [6.45, 7) is 4.51. The van der Waals surface area contributed by atoms with Crippen molar-refractivity contribution in [2.45, 2.75) is 6.54 Å². The third-order valence-electron chi connectivity index (χ3n) is 3.57. The zero-order valence-corrected chi connectivity index (χ0v) is 14.1. The Morgan fingerprint density at radius 3 is 2.81 bits per heavy atom. The van der Waals surface area contributed by atoms with Crippen LogP contribution in [-0.4, -0.2) is 62.6 Å². The molecule has 2 rings (SSSR count). The molecule has 1 aromatic rings. The molecular formula is C15H22BrN3O2. The van der Waals surface area contributed by atoms with Crippen LogP contribution in [0.1, 0.15) is 5.56 Å². The topological polar surface area (TPSA) is 44.8 Å². The molecule has 0 spiro atoms. The van der Waals surface area contributed by atoms with E-state index in [0.29, 0.717) is 13.1 Å². The van der Waals surface area contributed by atoms with Gasteiger partial charge >= 0.3 is 0 Å². The van der Waals surface area contributed by atoms with Crippen molar-refractivity contribution in [1.29, 1.82) is 0 Å². The van der Waals surface area contributed by atoms with Crippen LogP contribution in [0.2, 0.25) is 0 Å². The van der Waals surface area contributed by atoms with E-state index in [1.54, 1.807) is 7.11 Å². The first-order valence-electron chi connectivity index (χ1n) is 7.09. The van der Waals surface area contributed by atoms with Crippen LogP contribution < -0.4 is 10.1 Å². The number of nitrogens with one attached hydrogen (secondary N) is 1. The molecule has 1 aliphatic heterocycles. The fourth-order valence-corrected chi connectivity index (χ4v) is 2.76. The van der Waals surface area contributed by atoms with E-state index in [2.05, 4.69) is 21.2 Å². The molecule has 1 amide bonds. The highest BCUT2D eigenvalue weighted by atomic mass is 79.9. The van der Waals surface area contributed by atoms with Gasteiger partial charge in [0.2, 0.25) is 5.91 Å². The highest BCUT2D eigenvalue weighted by Crippen LogP contribution is 2.23. The number of halogens is 1. The molecule has 1 heterocycles. The van der Waals surface area contributed by atoms with E-state index in [1.165, 1.54) is 0 Å². The Bertz CT molecular complexity index is 490. The lowest BCUT2D eigenvalue weighted by atomic mass is 10.2. The molecule has 0 aromatic heterocycles. The second kappa shape index (κ2) is 7.77. The highest BCUT2D eigenvalue weighted by Gasteiger charge is 2.18. The molecule has 5 nitrogen and oxygen atoms in total. The lowest BCUT2D eigenvalue weighted by molar-refractivity contribution is -0.132. The number of benzene rings is 1. The average molecular weight is 356 g/mol. The zero-order valence-electron chi connectivity index (χ0n) is 12.6. The minimum Gasteiger partial charge on any atom is -0.497 e. The second-order valence-electron chi connectivity index (χ2n) is 5.26. The summed E-state index contributed by atoms with van der Waals surface area (Å²) < 4.78 is 6.28. The molecule has 0 unspecified atom stereocenters. The number of hydrogen-bond donors (Lipinski definition) is 1. The molecule has 116 valence electrons. The van der Waals surface area contributed by atoms with Crippen molar-refractivity contribution in [2.75, 3.05) is 46.9 Å². The summed E-state index contributed by atoms with van der Waals surface area (Å²) >= 11 is 3.55. The van der Waals surface area contributed by atoms with Gasteiger partial charge in [-0.1, -0.05) is 15.9 Å². The maximum absolute atomic E-state index is 12.2. The van der Waals surface area contributed by atoms with Crippen LogP contribution in [0.25, 0.3) is 0 Å². The number of likely N-dealkylation sites (N-methyl/N-ethyl adjacent to an activating group) is 1. The van der Waals surface area contributed by atoms with Crippen LogP contribution in [0.15, 0.2) is 22.7 Å². The predicted octanol–water partition coefficient (Wildman–Crippen LogP) is 1.32. The Hall–Kier alpha value is -1.11. The van der Waals surface area contributed by atoms with Crippen LogP contribution in [0.4, 0.5) is 0 Å². The number of methoxy groups -OCH3 is 1. The van der Waals surface area contributed by atoms with E-state index in [9.17, 15) is 4.79 Å². The number of ether oxygens (including phenoxy) is 1. The van der Waals surface area contributed by atoms with Gasteiger partial charge in [-0.3, -0.25) is 9.69 Å². The monoisotopic (exact) mass is 355 g/mol. The first-order chi connectivity index (χ1) is 10.1. The van der Waals surface area contributed by atoms with E-state index in [4.69, 9.17) is 4.74 Å². The van der Waals surface area contributed by atoms with Gasteiger partial charge in [-0.15, -0.1) is 0 Å². The molecular weight excluding hydrogens is 334 g/mol. The highest BCUT2D eigenvalue weighted by molar-refractivity contribution is 9.10. The van der Waals surface area contributed by atoms with Crippen molar-refractivity contribution in [3.8, 4) is 5.75 Å². The van der Waals surface area contributed by atoms with E-state index in [1.807, 2.05) is 35.0 Å². The Balaban J connectivity index is 1.91.